The van der Waals surface area contributed by atoms with Gasteiger partial charge in [0.25, 0.3) is 0 Å². The quantitative estimate of drug-likeness (QED) is 0.454. The van der Waals surface area contributed by atoms with Gasteiger partial charge in [-0.1, -0.05) is 39.3 Å². The number of H-pyrrole nitrogens is 1. The summed E-state index contributed by atoms with van der Waals surface area (Å²) in [6.07, 6.45) is 5.55. The van der Waals surface area contributed by atoms with E-state index in [4.69, 9.17) is 9.97 Å². The number of aromatic amines is 1. The number of benzene rings is 1. The van der Waals surface area contributed by atoms with Gasteiger partial charge < -0.3 is 10.2 Å². The van der Waals surface area contributed by atoms with Crippen molar-refractivity contribution in [2.75, 3.05) is 19.6 Å². The molecule has 0 aliphatic carbocycles. The van der Waals surface area contributed by atoms with Gasteiger partial charge in [0.2, 0.25) is 11.8 Å². The first-order chi connectivity index (χ1) is 18.7. The van der Waals surface area contributed by atoms with Crippen LogP contribution in [0.15, 0.2) is 30.5 Å². The second-order valence-corrected chi connectivity index (χ2v) is 11.6. The highest BCUT2D eigenvalue weighted by Gasteiger charge is 2.54. The topological polar surface area (TPSA) is 107 Å². The Labute approximate surface area is 230 Å². The Kier molecular flexibility index (Phi) is 7.71. The predicted octanol–water partition coefficient (Wildman–Crippen LogP) is 4.07. The number of nitrogens with one attached hydrogen (secondary N) is 2. The zero-order valence-corrected chi connectivity index (χ0v) is 23.8. The van der Waals surface area contributed by atoms with Gasteiger partial charge in [0.05, 0.1) is 34.7 Å². The Balaban J connectivity index is 1.47. The van der Waals surface area contributed by atoms with E-state index in [1.807, 2.05) is 49.2 Å². The number of likely N-dealkylation sites (tertiary alicyclic amines) is 1. The predicted molar refractivity (Wildman–Crippen MR) is 151 cm³/mol. The number of rotatable bonds is 8. The number of para-hydroxylation sites is 2. The van der Waals surface area contributed by atoms with Gasteiger partial charge in [-0.15, -0.1) is 0 Å². The number of aromatic nitrogens is 4. The van der Waals surface area contributed by atoms with Gasteiger partial charge in [-0.2, -0.15) is 5.10 Å². The van der Waals surface area contributed by atoms with E-state index in [1.54, 1.807) is 0 Å². The van der Waals surface area contributed by atoms with Crippen molar-refractivity contribution >= 4 is 22.8 Å². The van der Waals surface area contributed by atoms with Crippen molar-refractivity contribution in [3.8, 4) is 0 Å². The number of piperazine rings is 1. The lowest BCUT2D eigenvalue weighted by Gasteiger charge is -2.52. The zero-order valence-electron chi connectivity index (χ0n) is 23.8. The van der Waals surface area contributed by atoms with Crippen molar-refractivity contribution in [2.24, 2.45) is 5.92 Å². The molecule has 9 heteroatoms. The molecule has 0 radical (unpaired) electrons. The molecule has 4 heterocycles. The number of fused-ring (bicyclic) bond motifs is 1. The number of unbranched alkanes of at least 4 members (excludes halogenated alkanes) is 1. The summed E-state index contributed by atoms with van der Waals surface area (Å²) < 4.78 is 0. The standard InChI is InChI=1S/C30H41N7O2/c1-6-7-14-37-28(38)24(17-19(2)3)33-29(39)30(37)12-15-36(16-13-30)27(26-20(4)34-35-21(26)5)25-18-31-22-10-8-9-11-23(22)32-25/h8-11,18-19,24,27H,6-7,12-17H2,1-5H3,(H,33,39)(H,34,35)/t24-,27?/m0/s1. The maximum atomic E-state index is 13.8. The highest BCUT2D eigenvalue weighted by Crippen LogP contribution is 2.39. The molecule has 5 rings (SSSR count). The van der Waals surface area contributed by atoms with E-state index in [0.29, 0.717) is 44.8 Å². The molecule has 0 bridgehead atoms. The van der Waals surface area contributed by atoms with Crippen LogP contribution in [0.5, 0.6) is 0 Å². The number of aryl methyl sites for hydroxylation is 2. The molecule has 2 fully saturated rings. The minimum absolute atomic E-state index is 0.00113. The van der Waals surface area contributed by atoms with E-state index in [0.717, 1.165) is 46.5 Å². The number of hydrogen-bond donors (Lipinski definition) is 2. The maximum absolute atomic E-state index is 13.8. The fourth-order valence-corrected chi connectivity index (χ4v) is 6.38. The van der Waals surface area contributed by atoms with Crippen molar-refractivity contribution in [3.05, 3.63) is 53.1 Å². The van der Waals surface area contributed by atoms with E-state index in [2.05, 4.69) is 41.2 Å². The summed E-state index contributed by atoms with van der Waals surface area (Å²) in [6, 6.07) is 7.31. The molecule has 1 spiro atoms. The third-order valence-corrected chi connectivity index (χ3v) is 8.45. The van der Waals surface area contributed by atoms with Crippen LogP contribution in [0.25, 0.3) is 11.0 Å². The Morgan fingerprint density at radius 2 is 1.82 bits per heavy atom. The molecule has 9 nitrogen and oxygen atoms in total. The highest BCUT2D eigenvalue weighted by molar-refractivity contribution is 6.00. The molecule has 2 N–H and O–H groups in total. The molecule has 0 saturated carbocycles. The summed E-state index contributed by atoms with van der Waals surface area (Å²) in [5.74, 6) is 0.401. The normalized spacial score (nSPS) is 20.7. The third kappa shape index (κ3) is 5.04. The molecular weight excluding hydrogens is 490 g/mol. The van der Waals surface area contributed by atoms with Gasteiger partial charge in [-0.25, -0.2) is 4.98 Å². The summed E-state index contributed by atoms with van der Waals surface area (Å²) in [7, 11) is 0. The van der Waals surface area contributed by atoms with Gasteiger partial charge in [0.15, 0.2) is 0 Å². The average Bonchev–Trinajstić information content (AvgIpc) is 3.25. The number of piperidine rings is 1. The molecule has 1 aromatic carbocycles. The molecule has 2 saturated heterocycles. The van der Waals surface area contributed by atoms with Crippen LogP contribution in [0.4, 0.5) is 0 Å². The van der Waals surface area contributed by atoms with E-state index >= 15 is 0 Å². The minimum atomic E-state index is -0.809. The van der Waals surface area contributed by atoms with Crippen LogP contribution in [-0.2, 0) is 9.59 Å². The highest BCUT2D eigenvalue weighted by atomic mass is 16.2. The first-order valence-electron chi connectivity index (χ1n) is 14.3. The average molecular weight is 532 g/mol. The van der Waals surface area contributed by atoms with Gasteiger partial charge in [-0.3, -0.25) is 24.6 Å². The summed E-state index contributed by atoms with van der Waals surface area (Å²) >= 11 is 0. The van der Waals surface area contributed by atoms with Crippen LogP contribution in [-0.4, -0.2) is 73.0 Å². The molecule has 2 aliphatic rings. The van der Waals surface area contributed by atoms with Crippen LogP contribution in [0.2, 0.25) is 0 Å². The van der Waals surface area contributed by atoms with Gasteiger partial charge in [0, 0.05) is 30.9 Å². The summed E-state index contributed by atoms with van der Waals surface area (Å²) in [6.45, 7) is 12.3. The molecule has 2 amide bonds. The Bertz CT molecular complexity index is 1320. The number of amides is 2. The lowest BCUT2D eigenvalue weighted by atomic mass is 9.80. The van der Waals surface area contributed by atoms with Crippen molar-refractivity contribution in [1.29, 1.82) is 0 Å². The summed E-state index contributed by atoms with van der Waals surface area (Å²) in [4.78, 5) is 41.5. The minimum Gasteiger partial charge on any atom is -0.342 e. The van der Waals surface area contributed by atoms with E-state index < -0.39 is 11.6 Å². The van der Waals surface area contributed by atoms with E-state index in [1.165, 1.54) is 0 Å². The van der Waals surface area contributed by atoms with E-state index in [-0.39, 0.29) is 17.9 Å². The van der Waals surface area contributed by atoms with Crippen molar-refractivity contribution < 1.29 is 9.59 Å². The number of hydrogen-bond acceptors (Lipinski definition) is 6. The molecular formula is C30H41N7O2. The number of carbonyl (C=O) groups excluding carboxylic acids is 2. The van der Waals surface area contributed by atoms with E-state index in [9.17, 15) is 9.59 Å². The summed E-state index contributed by atoms with van der Waals surface area (Å²) in [5, 5.41) is 10.7. The monoisotopic (exact) mass is 531 g/mol. The molecule has 3 aromatic rings. The fraction of sp³-hybridized carbons (Fsp3) is 0.567. The van der Waals surface area contributed by atoms with Crippen LogP contribution in [0.1, 0.15) is 81.6 Å². The molecule has 2 aliphatic heterocycles. The number of nitrogens with zero attached hydrogens (tertiary/aromatic N) is 5. The van der Waals surface area contributed by atoms with Crippen molar-refractivity contribution in [1.82, 2.24) is 35.3 Å². The molecule has 208 valence electrons. The molecule has 39 heavy (non-hydrogen) atoms. The lowest BCUT2D eigenvalue weighted by Crippen LogP contribution is -2.73. The first kappa shape index (κ1) is 27.2. The first-order valence-corrected chi connectivity index (χ1v) is 14.3. The van der Waals surface area contributed by atoms with Crippen LogP contribution < -0.4 is 5.32 Å². The van der Waals surface area contributed by atoms with Gasteiger partial charge in [0.1, 0.15) is 11.6 Å². The van der Waals surface area contributed by atoms with Crippen molar-refractivity contribution in [3.63, 3.8) is 0 Å². The van der Waals surface area contributed by atoms with Crippen LogP contribution >= 0.6 is 0 Å². The maximum Gasteiger partial charge on any atom is 0.246 e. The van der Waals surface area contributed by atoms with Gasteiger partial charge in [-0.05, 0) is 57.6 Å². The molecule has 2 aromatic heterocycles. The Morgan fingerprint density at radius 1 is 1.10 bits per heavy atom. The third-order valence-electron chi connectivity index (χ3n) is 8.45. The Hall–Kier alpha value is -3.33. The Morgan fingerprint density at radius 3 is 2.46 bits per heavy atom. The fourth-order valence-electron chi connectivity index (χ4n) is 6.38. The second-order valence-electron chi connectivity index (χ2n) is 11.6. The number of carbonyl (C=O) groups is 2. The van der Waals surface area contributed by atoms with Gasteiger partial charge >= 0.3 is 0 Å². The smallest absolute Gasteiger partial charge is 0.246 e. The zero-order chi connectivity index (χ0) is 27.7. The summed E-state index contributed by atoms with van der Waals surface area (Å²) in [5.41, 5.74) is 4.79. The molecule has 1 unspecified atom stereocenters. The lowest BCUT2D eigenvalue weighted by molar-refractivity contribution is -0.162. The molecule has 2 atom stereocenters. The van der Waals surface area contributed by atoms with Crippen LogP contribution in [0, 0.1) is 19.8 Å². The SMILES string of the molecule is CCCCN1C(=O)[C@H](CC(C)C)NC(=O)C12CCN(C(c1cnc3ccccc3n1)c1c(C)n[nH]c1C)CC2. The largest absolute Gasteiger partial charge is 0.342 e. The van der Waals surface area contributed by atoms with Crippen molar-refractivity contribution in [2.45, 2.75) is 84.3 Å². The second kappa shape index (κ2) is 11.0. The van der Waals surface area contributed by atoms with Crippen LogP contribution in [0.3, 0.4) is 0 Å².